The molecule has 0 aromatic carbocycles. The number of carbonyl (C=O) groups excluding carboxylic acids is 3. The number of imide groups is 1. The molecule has 4 amide bonds. The summed E-state index contributed by atoms with van der Waals surface area (Å²) >= 11 is 0. The Morgan fingerprint density at radius 2 is 1.62 bits per heavy atom. The first-order valence-corrected chi connectivity index (χ1v) is 8.22. The number of nitrogens with one attached hydrogen (secondary N) is 2. The summed E-state index contributed by atoms with van der Waals surface area (Å²) < 4.78 is 36.0. The summed E-state index contributed by atoms with van der Waals surface area (Å²) in [6.07, 6.45) is 1.79. The molecule has 2 N–H and O–H groups in total. The summed E-state index contributed by atoms with van der Waals surface area (Å²) in [6, 6.07) is 0.102. The topological polar surface area (TPSA) is 160 Å². The van der Waals surface area contributed by atoms with E-state index >= 15 is 0 Å². The van der Waals surface area contributed by atoms with Crippen molar-refractivity contribution in [1.82, 2.24) is 24.1 Å². The van der Waals surface area contributed by atoms with Gasteiger partial charge in [-0.1, -0.05) is 4.41 Å². The molecule has 0 atom stereocenters. The average molecular weight is 386 g/mol. The summed E-state index contributed by atoms with van der Waals surface area (Å²) in [5.41, 5.74) is 0. The molecule has 0 unspecified atom stereocenters. The van der Waals surface area contributed by atoms with E-state index in [1.165, 1.54) is 20.3 Å². The van der Waals surface area contributed by atoms with Crippen molar-refractivity contribution in [1.29, 1.82) is 0 Å². The van der Waals surface area contributed by atoms with Crippen LogP contribution in [0.15, 0.2) is 18.2 Å². The Kier molecular flexibility index (Phi) is 5.37. The Bertz CT molecular complexity index is 844. The molecule has 2 heterocycles. The predicted octanol–water partition coefficient (Wildman–Crippen LogP) is -1.37. The molecule has 13 nitrogen and oxygen atoms in total. The lowest BCUT2D eigenvalue weighted by Gasteiger charge is -2.24. The number of hydrazine groups is 1. The molecule has 0 fully saturated rings. The van der Waals surface area contributed by atoms with Crippen molar-refractivity contribution in [3.63, 3.8) is 0 Å². The Balaban J connectivity index is 2.11. The highest BCUT2D eigenvalue weighted by molar-refractivity contribution is 7.87. The number of carbonyl (C=O) groups is 3. The normalized spacial score (nSPS) is 13.9. The number of hydrogen-bond donors (Lipinski definition) is 2. The van der Waals surface area contributed by atoms with Crippen LogP contribution in [0.4, 0.5) is 10.7 Å². The fourth-order valence-electron chi connectivity index (χ4n) is 1.76. The van der Waals surface area contributed by atoms with Gasteiger partial charge in [-0.25, -0.2) is 9.52 Å². The standard InChI is InChI=1S/C12H14N6O7S/c1-17(18-9(19)4-5-10(18)20)26(22,23)16-12(21)15-11-13-7(24-2)6-8(14-11)25-3/h4-6H,1-3H3,(H2,13,14,15,16,21). The zero-order chi connectivity index (χ0) is 19.5. The minimum absolute atomic E-state index is 0.0615. The average Bonchev–Trinajstić information content (AvgIpc) is 2.91. The lowest BCUT2D eigenvalue weighted by Crippen LogP contribution is -2.53. The van der Waals surface area contributed by atoms with Crippen LogP contribution in [0.2, 0.25) is 0 Å². The summed E-state index contributed by atoms with van der Waals surface area (Å²) in [4.78, 5) is 42.6. The number of nitrogens with zero attached hydrogens (tertiary/aromatic N) is 4. The second kappa shape index (κ2) is 7.32. The van der Waals surface area contributed by atoms with E-state index in [2.05, 4.69) is 15.3 Å². The van der Waals surface area contributed by atoms with Crippen molar-refractivity contribution < 1.29 is 32.3 Å². The molecule has 14 heteroatoms. The molecular formula is C12H14N6O7S. The maximum Gasteiger partial charge on any atom is 0.336 e. The molecule has 0 saturated carbocycles. The molecule has 0 aliphatic carbocycles. The Labute approximate surface area is 147 Å². The van der Waals surface area contributed by atoms with Crippen LogP contribution in [0.25, 0.3) is 0 Å². The number of urea groups is 1. The molecule has 1 aromatic rings. The second-order valence-corrected chi connectivity index (χ2v) is 6.28. The highest BCUT2D eigenvalue weighted by Crippen LogP contribution is 2.17. The van der Waals surface area contributed by atoms with Gasteiger partial charge in [0.05, 0.1) is 20.3 Å². The van der Waals surface area contributed by atoms with Crippen LogP contribution >= 0.6 is 0 Å². The molecule has 0 spiro atoms. The fourth-order valence-corrected chi connectivity index (χ4v) is 2.55. The highest BCUT2D eigenvalue weighted by atomic mass is 32.2. The fraction of sp³-hybridized carbons (Fsp3) is 0.250. The van der Waals surface area contributed by atoms with Crippen LogP contribution in [-0.2, 0) is 19.8 Å². The van der Waals surface area contributed by atoms with E-state index in [0.29, 0.717) is 9.42 Å². The summed E-state index contributed by atoms with van der Waals surface area (Å²) in [6.45, 7) is 0. The van der Waals surface area contributed by atoms with E-state index in [0.717, 1.165) is 19.2 Å². The van der Waals surface area contributed by atoms with E-state index in [-0.39, 0.29) is 17.7 Å². The van der Waals surface area contributed by atoms with Gasteiger partial charge in [-0.05, 0) is 0 Å². The number of aromatic nitrogens is 2. The van der Waals surface area contributed by atoms with Gasteiger partial charge in [-0.15, -0.1) is 0 Å². The number of amides is 4. The summed E-state index contributed by atoms with van der Waals surface area (Å²) in [5, 5.41) is 2.41. The van der Waals surface area contributed by atoms with Gasteiger partial charge < -0.3 is 9.47 Å². The molecule has 1 aliphatic heterocycles. The number of methoxy groups -OCH3 is 2. The van der Waals surface area contributed by atoms with Crippen LogP contribution in [0.3, 0.4) is 0 Å². The molecular weight excluding hydrogens is 372 g/mol. The molecule has 26 heavy (non-hydrogen) atoms. The third-order valence-electron chi connectivity index (χ3n) is 2.96. The monoisotopic (exact) mass is 386 g/mol. The van der Waals surface area contributed by atoms with Crippen LogP contribution in [0.5, 0.6) is 11.8 Å². The minimum atomic E-state index is -4.56. The lowest BCUT2D eigenvalue weighted by molar-refractivity contribution is -0.146. The van der Waals surface area contributed by atoms with E-state index in [1.54, 1.807) is 4.72 Å². The van der Waals surface area contributed by atoms with Crippen molar-refractivity contribution in [3.8, 4) is 11.8 Å². The molecule has 2 rings (SSSR count). The Hall–Kier alpha value is -3.26. The van der Waals surface area contributed by atoms with E-state index < -0.39 is 28.1 Å². The van der Waals surface area contributed by atoms with Crippen molar-refractivity contribution in [2.24, 2.45) is 0 Å². The zero-order valence-electron chi connectivity index (χ0n) is 13.8. The third-order valence-corrected chi connectivity index (χ3v) is 4.26. The minimum Gasteiger partial charge on any atom is -0.481 e. The number of rotatable bonds is 6. The first-order valence-electron chi connectivity index (χ1n) is 6.78. The smallest absolute Gasteiger partial charge is 0.336 e. The molecule has 1 aliphatic rings. The third kappa shape index (κ3) is 4.04. The maximum atomic E-state index is 12.1. The summed E-state index contributed by atoms with van der Waals surface area (Å²) in [7, 11) is -0.997. The van der Waals surface area contributed by atoms with Crippen molar-refractivity contribution in [3.05, 3.63) is 18.2 Å². The molecule has 140 valence electrons. The molecule has 0 bridgehead atoms. The second-order valence-electron chi connectivity index (χ2n) is 4.59. The largest absolute Gasteiger partial charge is 0.481 e. The SMILES string of the molecule is COc1cc(OC)nc(NC(=O)NS(=O)(=O)N(C)N2C(=O)C=CC2=O)n1. The van der Waals surface area contributed by atoms with Crippen LogP contribution in [-0.4, -0.2) is 66.9 Å². The van der Waals surface area contributed by atoms with Gasteiger partial charge in [0, 0.05) is 19.2 Å². The van der Waals surface area contributed by atoms with Gasteiger partial charge in [-0.2, -0.15) is 23.4 Å². The number of ether oxygens (including phenoxy) is 2. The van der Waals surface area contributed by atoms with Crippen molar-refractivity contribution >= 4 is 34.0 Å². The molecule has 0 saturated heterocycles. The van der Waals surface area contributed by atoms with Gasteiger partial charge in [0.2, 0.25) is 17.7 Å². The zero-order valence-corrected chi connectivity index (χ0v) is 14.6. The van der Waals surface area contributed by atoms with Gasteiger partial charge in [0.1, 0.15) is 0 Å². The quantitative estimate of drug-likeness (QED) is 0.562. The predicted molar refractivity (Wildman–Crippen MR) is 85.0 cm³/mol. The lowest BCUT2D eigenvalue weighted by atomic mass is 10.6. The van der Waals surface area contributed by atoms with E-state index in [9.17, 15) is 22.8 Å². The van der Waals surface area contributed by atoms with Gasteiger partial charge in [-0.3, -0.25) is 14.9 Å². The van der Waals surface area contributed by atoms with E-state index in [4.69, 9.17) is 9.47 Å². The highest BCUT2D eigenvalue weighted by Gasteiger charge is 2.35. The van der Waals surface area contributed by atoms with Crippen molar-refractivity contribution in [2.45, 2.75) is 0 Å². The van der Waals surface area contributed by atoms with Crippen LogP contribution in [0.1, 0.15) is 0 Å². The maximum absolute atomic E-state index is 12.1. The molecule has 0 radical (unpaired) electrons. The Morgan fingerprint density at radius 3 is 2.08 bits per heavy atom. The molecule has 1 aromatic heterocycles. The van der Waals surface area contributed by atoms with Gasteiger partial charge >= 0.3 is 16.2 Å². The van der Waals surface area contributed by atoms with Gasteiger partial charge in [0.15, 0.2) is 0 Å². The number of anilines is 1. The van der Waals surface area contributed by atoms with Crippen molar-refractivity contribution in [2.75, 3.05) is 26.6 Å². The van der Waals surface area contributed by atoms with Crippen LogP contribution < -0.4 is 19.5 Å². The first kappa shape index (κ1) is 19.1. The number of hydrogen-bond acceptors (Lipinski definition) is 9. The first-order chi connectivity index (χ1) is 12.2. The van der Waals surface area contributed by atoms with Gasteiger partial charge in [0.25, 0.3) is 11.8 Å². The Morgan fingerprint density at radius 1 is 1.12 bits per heavy atom. The van der Waals surface area contributed by atoms with Crippen LogP contribution in [0, 0.1) is 0 Å². The summed E-state index contributed by atoms with van der Waals surface area (Å²) in [5.74, 6) is -1.92. The van der Waals surface area contributed by atoms with E-state index in [1.807, 2.05) is 0 Å².